The van der Waals surface area contributed by atoms with Gasteiger partial charge in [0.1, 0.15) is 17.0 Å². The van der Waals surface area contributed by atoms with Crippen LogP contribution in [-0.4, -0.2) is 40.4 Å². The molecule has 8 nitrogen and oxygen atoms in total. The van der Waals surface area contributed by atoms with Gasteiger partial charge in [-0.05, 0) is 44.7 Å². The van der Waals surface area contributed by atoms with Crippen LogP contribution >= 0.6 is 12.0 Å². The molecule has 1 saturated carbocycles. The summed E-state index contributed by atoms with van der Waals surface area (Å²) in [5, 5.41) is 6.73. The maximum Gasteiger partial charge on any atom is 0.422 e. The SMILES string of the molecule is Cc1ccc(SOCC(C)(NC(=O)c2cc(OCC(F)(F)F)c(C3CC3)cn2)c2noc(C)n2)cc1. The molecule has 1 aliphatic rings. The number of rotatable bonds is 10. The molecule has 1 atom stereocenters. The maximum absolute atomic E-state index is 13.2. The fourth-order valence-electron chi connectivity index (χ4n) is 3.36. The molecule has 3 aromatic rings. The molecule has 1 aromatic carbocycles. The number of carbonyl (C=O) groups is 1. The number of nitrogens with zero attached hydrogens (tertiary/aromatic N) is 3. The van der Waals surface area contributed by atoms with Crippen LogP contribution in [0.3, 0.4) is 0 Å². The van der Waals surface area contributed by atoms with E-state index in [0.29, 0.717) is 11.5 Å². The summed E-state index contributed by atoms with van der Waals surface area (Å²) >= 11 is 1.12. The number of hydrogen-bond donors (Lipinski definition) is 1. The van der Waals surface area contributed by atoms with Crippen molar-refractivity contribution in [2.75, 3.05) is 13.2 Å². The summed E-state index contributed by atoms with van der Waals surface area (Å²) in [6.07, 6.45) is -1.44. The van der Waals surface area contributed by atoms with Crippen LogP contribution in [0.2, 0.25) is 0 Å². The fourth-order valence-corrected chi connectivity index (χ4v) is 4.04. The number of pyridine rings is 1. The van der Waals surface area contributed by atoms with Crippen LogP contribution in [0, 0.1) is 13.8 Å². The Balaban J connectivity index is 1.52. The topological polar surface area (TPSA) is 99.4 Å². The van der Waals surface area contributed by atoms with Gasteiger partial charge in [-0.1, -0.05) is 22.9 Å². The van der Waals surface area contributed by atoms with Crippen molar-refractivity contribution in [3.8, 4) is 5.75 Å². The summed E-state index contributed by atoms with van der Waals surface area (Å²) in [4.78, 5) is 22.4. The third-order valence-electron chi connectivity index (χ3n) is 5.47. The zero-order valence-corrected chi connectivity index (χ0v) is 20.7. The van der Waals surface area contributed by atoms with Gasteiger partial charge in [0.2, 0.25) is 5.89 Å². The van der Waals surface area contributed by atoms with Crippen LogP contribution in [0.4, 0.5) is 13.2 Å². The number of aryl methyl sites for hydroxylation is 2. The normalized spacial score (nSPS) is 15.4. The first-order valence-corrected chi connectivity index (χ1v) is 12.0. The molecule has 1 N–H and O–H groups in total. The number of benzene rings is 1. The van der Waals surface area contributed by atoms with E-state index in [1.165, 1.54) is 12.3 Å². The molecule has 1 aliphatic carbocycles. The third kappa shape index (κ3) is 6.76. The molecule has 0 aliphatic heterocycles. The molecule has 0 bridgehead atoms. The Bertz CT molecular complexity index is 1210. The smallest absolute Gasteiger partial charge is 0.422 e. The zero-order chi connectivity index (χ0) is 25.9. The second-order valence-electron chi connectivity index (χ2n) is 8.87. The summed E-state index contributed by atoms with van der Waals surface area (Å²) in [5.74, 6) is -0.0913. The van der Waals surface area contributed by atoms with E-state index in [1.807, 2.05) is 31.2 Å². The number of amides is 1. The van der Waals surface area contributed by atoms with Crippen molar-refractivity contribution in [1.82, 2.24) is 20.4 Å². The summed E-state index contributed by atoms with van der Waals surface area (Å²) < 4.78 is 54.2. The number of ether oxygens (including phenoxy) is 1. The van der Waals surface area contributed by atoms with E-state index in [2.05, 4.69) is 20.4 Å². The first kappa shape index (κ1) is 26.0. The molecule has 192 valence electrons. The van der Waals surface area contributed by atoms with Crippen molar-refractivity contribution in [2.45, 2.75) is 56.1 Å². The Morgan fingerprint density at radius 2 is 1.92 bits per heavy atom. The molecule has 1 fully saturated rings. The van der Waals surface area contributed by atoms with Gasteiger partial charge in [0.05, 0.1) is 6.61 Å². The van der Waals surface area contributed by atoms with Gasteiger partial charge in [0.25, 0.3) is 5.91 Å². The summed E-state index contributed by atoms with van der Waals surface area (Å²) in [6, 6.07) is 8.94. The highest BCUT2D eigenvalue weighted by Crippen LogP contribution is 2.44. The Hall–Kier alpha value is -3.12. The maximum atomic E-state index is 13.2. The van der Waals surface area contributed by atoms with Crippen LogP contribution in [0.1, 0.15) is 59.0 Å². The van der Waals surface area contributed by atoms with Crippen molar-refractivity contribution in [3.63, 3.8) is 0 Å². The van der Waals surface area contributed by atoms with Crippen molar-refractivity contribution in [1.29, 1.82) is 0 Å². The minimum absolute atomic E-state index is 0.00161. The minimum atomic E-state index is -4.51. The van der Waals surface area contributed by atoms with E-state index < -0.39 is 24.2 Å². The van der Waals surface area contributed by atoms with E-state index >= 15 is 0 Å². The average Bonchev–Trinajstić information content (AvgIpc) is 3.57. The zero-order valence-electron chi connectivity index (χ0n) is 19.9. The molecule has 12 heteroatoms. The van der Waals surface area contributed by atoms with E-state index in [-0.39, 0.29) is 29.8 Å². The van der Waals surface area contributed by atoms with E-state index in [4.69, 9.17) is 13.4 Å². The van der Waals surface area contributed by atoms with Crippen LogP contribution in [-0.2, 0) is 9.72 Å². The molecule has 0 spiro atoms. The molecule has 4 rings (SSSR count). The highest BCUT2D eigenvalue weighted by Gasteiger charge is 2.36. The molecule has 2 aromatic heterocycles. The van der Waals surface area contributed by atoms with Gasteiger partial charge in [-0.25, -0.2) is 0 Å². The first-order chi connectivity index (χ1) is 17.0. The Morgan fingerprint density at radius 1 is 1.19 bits per heavy atom. The molecule has 1 amide bonds. The number of hydrogen-bond acceptors (Lipinski definition) is 8. The molecule has 0 radical (unpaired) electrons. The third-order valence-corrected chi connectivity index (χ3v) is 6.17. The van der Waals surface area contributed by atoms with Gasteiger partial charge >= 0.3 is 6.18 Å². The number of alkyl halides is 3. The summed E-state index contributed by atoms with van der Waals surface area (Å²) in [5.41, 5.74) is 0.341. The lowest BCUT2D eigenvalue weighted by molar-refractivity contribution is -0.153. The fraction of sp³-hybridized carbons (Fsp3) is 0.417. The largest absolute Gasteiger partial charge is 0.484 e. The predicted molar refractivity (Wildman–Crippen MR) is 125 cm³/mol. The van der Waals surface area contributed by atoms with Crippen molar-refractivity contribution >= 4 is 17.9 Å². The Morgan fingerprint density at radius 3 is 2.53 bits per heavy atom. The molecular weight excluding hydrogens is 497 g/mol. The van der Waals surface area contributed by atoms with Crippen molar-refractivity contribution in [2.24, 2.45) is 0 Å². The molecular formula is C24H25F3N4O4S. The van der Waals surface area contributed by atoms with E-state index in [1.54, 1.807) is 13.8 Å². The highest BCUT2D eigenvalue weighted by atomic mass is 32.2. The standard InChI is InChI=1S/C24H25F3N4O4S/c1-14-4-8-17(9-5-14)36-34-12-23(3,22-29-15(2)35-31-22)30-21(32)19-10-20(33-13-24(25,26)27)18(11-28-19)16-6-7-16/h4-5,8-11,16H,6-7,12-13H2,1-3H3,(H,30,32). The second kappa shape index (κ2) is 10.5. The number of aromatic nitrogens is 3. The monoisotopic (exact) mass is 522 g/mol. The second-order valence-corrected chi connectivity index (χ2v) is 9.74. The highest BCUT2D eigenvalue weighted by molar-refractivity contribution is 7.94. The van der Waals surface area contributed by atoms with Gasteiger partial charge in [0, 0.05) is 41.7 Å². The van der Waals surface area contributed by atoms with E-state index in [0.717, 1.165) is 35.3 Å². The van der Waals surface area contributed by atoms with E-state index in [9.17, 15) is 18.0 Å². The Labute approximate surface area is 210 Å². The molecule has 0 saturated heterocycles. The number of halogens is 3. The average molecular weight is 523 g/mol. The van der Waals surface area contributed by atoms with Crippen LogP contribution < -0.4 is 10.1 Å². The number of nitrogens with one attached hydrogen (secondary N) is 1. The summed E-state index contributed by atoms with van der Waals surface area (Å²) in [6.45, 7) is 3.76. The van der Waals surface area contributed by atoms with Crippen LogP contribution in [0.15, 0.2) is 45.9 Å². The van der Waals surface area contributed by atoms with Gasteiger partial charge in [-0.2, -0.15) is 18.2 Å². The molecule has 36 heavy (non-hydrogen) atoms. The molecule has 2 heterocycles. The van der Waals surface area contributed by atoms with Gasteiger partial charge < -0.3 is 18.8 Å². The quantitative estimate of drug-likeness (QED) is 0.360. The lowest BCUT2D eigenvalue weighted by Gasteiger charge is -2.27. The minimum Gasteiger partial charge on any atom is -0.484 e. The first-order valence-electron chi connectivity index (χ1n) is 11.2. The van der Waals surface area contributed by atoms with Gasteiger partial charge in [0.15, 0.2) is 12.4 Å². The predicted octanol–water partition coefficient (Wildman–Crippen LogP) is 5.27. The summed E-state index contributed by atoms with van der Waals surface area (Å²) in [7, 11) is 0. The van der Waals surface area contributed by atoms with Gasteiger partial charge in [-0.15, -0.1) is 0 Å². The van der Waals surface area contributed by atoms with Crippen LogP contribution in [0.5, 0.6) is 5.75 Å². The van der Waals surface area contributed by atoms with Gasteiger partial charge in [-0.3, -0.25) is 9.78 Å². The lowest BCUT2D eigenvalue weighted by atomic mass is 10.0. The van der Waals surface area contributed by atoms with Crippen molar-refractivity contribution in [3.05, 3.63) is 65.1 Å². The van der Waals surface area contributed by atoms with Crippen molar-refractivity contribution < 1.29 is 31.4 Å². The van der Waals surface area contributed by atoms with Crippen LogP contribution in [0.25, 0.3) is 0 Å². The molecule has 1 unspecified atom stereocenters. The number of carbonyl (C=O) groups excluding carboxylic acids is 1. The lowest BCUT2D eigenvalue weighted by Crippen LogP contribution is -2.47. The Kier molecular flexibility index (Phi) is 7.55.